The van der Waals surface area contributed by atoms with E-state index in [-0.39, 0.29) is 0 Å². The van der Waals surface area contributed by atoms with Crippen LogP contribution in [0.5, 0.6) is 5.75 Å². The average Bonchev–Trinajstić information content (AvgIpc) is 2.71. The molecular weight excluding hydrogens is 228 g/mol. The number of para-hydroxylation sites is 2. The molecule has 1 aromatic carbocycles. The standard InChI is InChI=1S/C13H16N4O/c1-16-12(10(14)8-15-16)9-17-6-7-18-13-5-3-2-4-11(13)17/h2-5,8H,6-7,9,14H2,1H3. The van der Waals surface area contributed by atoms with E-state index in [2.05, 4.69) is 16.1 Å². The van der Waals surface area contributed by atoms with Crippen LogP contribution in [0.2, 0.25) is 0 Å². The predicted octanol–water partition coefficient (Wildman–Crippen LogP) is 1.40. The van der Waals surface area contributed by atoms with Gasteiger partial charge >= 0.3 is 0 Å². The zero-order chi connectivity index (χ0) is 12.5. The zero-order valence-electron chi connectivity index (χ0n) is 10.3. The highest BCUT2D eigenvalue weighted by atomic mass is 16.5. The molecule has 0 aliphatic carbocycles. The van der Waals surface area contributed by atoms with E-state index in [0.717, 1.165) is 35.9 Å². The minimum atomic E-state index is 0.703. The van der Waals surface area contributed by atoms with E-state index in [1.54, 1.807) is 6.20 Å². The van der Waals surface area contributed by atoms with Crippen molar-refractivity contribution in [1.82, 2.24) is 9.78 Å². The highest BCUT2D eigenvalue weighted by Crippen LogP contribution is 2.32. The first-order chi connectivity index (χ1) is 8.75. The Morgan fingerprint density at radius 1 is 1.39 bits per heavy atom. The van der Waals surface area contributed by atoms with Gasteiger partial charge in [0.2, 0.25) is 0 Å². The van der Waals surface area contributed by atoms with Crippen LogP contribution in [-0.4, -0.2) is 22.9 Å². The third kappa shape index (κ3) is 1.77. The van der Waals surface area contributed by atoms with Crippen molar-refractivity contribution in [2.24, 2.45) is 7.05 Å². The number of aryl methyl sites for hydroxylation is 1. The van der Waals surface area contributed by atoms with Gasteiger partial charge in [-0.1, -0.05) is 12.1 Å². The lowest BCUT2D eigenvalue weighted by Crippen LogP contribution is -2.33. The van der Waals surface area contributed by atoms with E-state index in [0.29, 0.717) is 6.61 Å². The quantitative estimate of drug-likeness (QED) is 0.867. The maximum Gasteiger partial charge on any atom is 0.142 e. The van der Waals surface area contributed by atoms with Crippen molar-refractivity contribution >= 4 is 11.4 Å². The van der Waals surface area contributed by atoms with E-state index in [9.17, 15) is 0 Å². The summed E-state index contributed by atoms with van der Waals surface area (Å²) in [5.41, 5.74) is 8.82. The number of hydrogen-bond donors (Lipinski definition) is 1. The number of fused-ring (bicyclic) bond motifs is 1. The molecule has 0 bridgehead atoms. The van der Waals surface area contributed by atoms with E-state index in [1.165, 1.54) is 0 Å². The number of rotatable bonds is 2. The lowest BCUT2D eigenvalue weighted by atomic mass is 10.2. The lowest BCUT2D eigenvalue weighted by molar-refractivity contribution is 0.306. The minimum absolute atomic E-state index is 0.703. The average molecular weight is 244 g/mol. The molecule has 0 atom stereocenters. The van der Waals surface area contributed by atoms with Crippen molar-refractivity contribution in [2.75, 3.05) is 23.8 Å². The van der Waals surface area contributed by atoms with Gasteiger partial charge in [-0.2, -0.15) is 5.10 Å². The Kier molecular flexibility index (Phi) is 2.59. The summed E-state index contributed by atoms with van der Waals surface area (Å²) in [4.78, 5) is 2.27. The third-order valence-electron chi connectivity index (χ3n) is 3.26. The van der Waals surface area contributed by atoms with Gasteiger partial charge in [-0.3, -0.25) is 4.68 Å². The Balaban J connectivity index is 1.91. The Hall–Kier alpha value is -2.17. The van der Waals surface area contributed by atoms with Crippen LogP contribution in [0.1, 0.15) is 5.69 Å². The molecule has 5 nitrogen and oxygen atoms in total. The van der Waals surface area contributed by atoms with Gasteiger partial charge in [0.1, 0.15) is 12.4 Å². The van der Waals surface area contributed by atoms with Crippen molar-refractivity contribution in [2.45, 2.75) is 6.54 Å². The molecular formula is C13H16N4O. The highest BCUT2D eigenvalue weighted by molar-refractivity contribution is 5.60. The fourth-order valence-corrected chi connectivity index (χ4v) is 2.25. The van der Waals surface area contributed by atoms with Gasteiger partial charge in [0, 0.05) is 7.05 Å². The number of hydrogen-bond acceptors (Lipinski definition) is 4. The van der Waals surface area contributed by atoms with Crippen molar-refractivity contribution in [3.8, 4) is 5.75 Å². The molecule has 18 heavy (non-hydrogen) atoms. The SMILES string of the molecule is Cn1ncc(N)c1CN1CCOc2ccccc21. The van der Waals surface area contributed by atoms with Gasteiger partial charge in [-0.15, -0.1) is 0 Å². The normalized spacial score (nSPS) is 14.2. The number of aromatic nitrogens is 2. The molecule has 1 aliphatic rings. The Morgan fingerprint density at radius 2 is 2.22 bits per heavy atom. The second-order valence-electron chi connectivity index (χ2n) is 4.41. The fraction of sp³-hybridized carbons (Fsp3) is 0.308. The van der Waals surface area contributed by atoms with Crippen LogP contribution in [0, 0.1) is 0 Å². The van der Waals surface area contributed by atoms with Crippen molar-refractivity contribution in [1.29, 1.82) is 0 Å². The summed E-state index contributed by atoms with van der Waals surface area (Å²) in [5.74, 6) is 0.935. The summed E-state index contributed by atoms with van der Waals surface area (Å²) < 4.78 is 7.46. The molecule has 0 unspecified atom stereocenters. The van der Waals surface area contributed by atoms with Crippen LogP contribution in [0.4, 0.5) is 11.4 Å². The first-order valence-corrected chi connectivity index (χ1v) is 5.99. The lowest BCUT2D eigenvalue weighted by Gasteiger charge is -2.31. The fourth-order valence-electron chi connectivity index (χ4n) is 2.25. The molecule has 2 aromatic rings. The van der Waals surface area contributed by atoms with Crippen LogP contribution in [-0.2, 0) is 13.6 Å². The number of ether oxygens (including phenoxy) is 1. The molecule has 5 heteroatoms. The largest absolute Gasteiger partial charge is 0.490 e. The first kappa shape index (κ1) is 11.0. The van der Waals surface area contributed by atoms with E-state index in [1.807, 2.05) is 29.9 Å². The topological polar surface area (TPSA) is 56.3 Å². The van der Waals surface area contributed by atoms with Gasteiger partial charge in [-0.05, 0) is 12.1 Å². The number of nitrogen functional groups attached to an aromatic ring is 1. The molecule has 1 aliphatic heterocycles. The van der Waals surface area contributed by atoms with Gasteiger partial charge in [-0.25, -0.2) is 0 Å². The van der Waals surface area contributed by atoms with E-state index < -0.39 is 0 Å². The number of nitrogens with two attached hydrogens (primary N) is 1. The van der Waals surface area contributed by atoms with Crippen LogP contribution >= 0.6 is 0 Å². The van der Waals surface area contributed by atoms with E-state index in [4.69, 9.17) is 10.5 Å². The molecule has 2 heterocycles. The summed E-state index contributed by atoms with van der Waals surface area (Å²) in [6.07, 6.45) is 1.70. The van der Waals surface area contributed by atoms with Crippen molar-refractivity contribution in [3.05, 3.63) is 36.2 Å². The van der Waals surface area contributed by atoms with Crippen LogP contribution in [0.3, 0.4) is 0 Å². The smallest absolute Gasteiger partial charge is 0.142 e. The Labute approximate surface area is 106 Å². The number of nitrogens with zero attached hydrogens (tertiary/aromatic N) is 3. The summed E-state index contributed by atoms with van der Waals surface area (Å²) in [6.45, 7) is 2.32. The third-order valence-corrected chi connectivity index (χ3v) is 3.26. The second-order valence-corrected chi connectivity index (χ2v) is 4.41. The van der Waals surface area contributed by atoms with Crippen LogP contribution < -0.4 is 15.4 Å². The summed E-state index contributed by atoms with van der Waals surface area (Å²) in [7, 11) is 1.91. The number of anilines is 2. The van der Waals surface area contributed by atoms with Crippen molar-refractivity contribution < 1.29 is 4.74 Å². The maximum atomic E-state index is 5.94. The first-order valence-electron chi connectivity index (χ1n) is 5.99. The molecule has 0 saturated carbocycles. The van der Waals surface area contributed by atoms with Gasteiger partial charge in [0.15, 0.2) is 0 Å². The monoisotopic (exact) mass is 244 g/mol. The molecule has 2 N–H and O–H groups in total. The van der Waals surface area contributed by atoms with Crippen LogP contribution in [0.15, 0.2) is 30.5 Å². The minimum Gasteiger partial charge on any atom is -0.490 e. The molecule has 0 saturated heterocycles. The van der Waals surface area contributed by atoms with Crippen molar-refractivity contribution in [3.63, 3.8) is 0 Å². The summed E-state index contributed by atoms with van der Waals surface area (Å²) in [6, 6.07) is 8.07. The van der Waals surface area contributed by atoms with Crippen LogP contribution in [0.25, 0.3) is 0 Å². The predicted molar refractivity (Wildman–Crippen MR) is 70.6 cm³/mol. The molecule has 0 radical (unpaired) electrons. The highest BCUT2D eigenvalue weighted by Gasteiger charge is 2.19. The molecule has 94 valence electrons. The summed E-state index contributed by atoms with van der Waals surface area (Å²) >= 11 is 0. The zero-order valence-corrected chi connectivity index (χ0v) is 10.3. The Bertz CT molecular complexity index is 544. The van der Waals surface area contributed by atoms with Gasteiger partial charge in [0.25, 0.3) is 0 Å². The summed E-state index contributed by atoms with van der Waals surface area (Å²) in [5, 5.41) is 4.17. The molecule has 0 amide bonds. The van der Waals surface area contributed by atoms with E-state index >= 15 is 0 Å². The maximum absolute atomic E-state index is 5.94. The molecule has 1 aromatic heterocycles. The molecule has 3 rings (SSSR count). The molecule has 0 fully saturated rings. The Morgan fingerprint density at radius 3 is 3.00 bits per heavy atom. The molecule has 0 spiro atoms. The number of benzene rings is 1. The second kappa shape index (κ2) is 4.25. The van der Waals surface area contributed by atoms with Gasteiger partial charge < -0.3 is 15.4 Å². The van der Waals surface area contributed by atoms with Gasteiger partial charge in [0.05, 0.1) is 36.4 Å².